The van der Waals surface area contributed by atoms with Gasteiger partial charge in [0.05, 0.1) is 23.8 Å². The smallest absolute Gasteiger partial charge is 0.250 e. The molecule has 3 aromatic carbocycles. The third kappa shape index (κ3) is 4.41. The molecule has 3 N–H and O–H groups in total. The van der Waals surface area contributed by atoms with Crippen molar-refractivity contribution in [2.75, 3.05) is 12.4 Å². The summed E-state index contributed by atoms with van der Waals surface area (Å²) in [6, 6.07) is 20.3. The Labute approximate surface area is 185 Å². The molecule has 0 radical (unpaired) electrons. The molecule has 0 bridgehead atoms. The number of amides is 1. The number of carbonyl (C=O) groups is 2. The van der Waals surface area contributed by atoms with Crippen LogP contribution in [0.3, 0.4) is 0 Å². The highest BCUT2D eigenvalue weighted by Crippen LogP contribution is 2.23. The predicted octanol–water partition coefficient (Wildman–Crippen LogP) is 3.77. The SMILES string of the molecule is COc1ccccc1C(=O)Cc1cccc(CNc2ncnc3c(C(N)=O)cccc23)c1. The van der Waals surface area contributed by atoms with Crippen molar-refractivity contribution >= 4 is 28.4 Å². The Bertz CT molecular complexity index is 1300. The van der Waals surface area contributed by atoms with E-state index in [0.717, 1.165) is 11.1 Å². The van der Waals surface area contributed by atoms with Crippen LogP contribution in [0.2, 0.25) is 0 Å². The molecule has 1 heterocycles. The van der Waals surface area contributed by atoms with Crippen LogP contribution in [-0.2, 0) is 13.0 Å². The van der Waals surface area contributed by atoms with Crippen LogP contribution in [0.5, 0.6) is 5.75 Å². The number of hydrogen-bond acceptors (Lipinski definition) is 6. The number of nitrogens with zero attached hydrogens (tertiary/aromatic N) is 2. The molecule has 0 fully saturated rings. The van der Waals surface area contributed by atoms with Crippen LogP contribution >= 0.6 is 0 Å². The Kier molecular flexibility index (Phi) is 6.07. The lowest BCUT2D eigenvalue weighted by molar-refractivity contribution is 0.0985. The Morgan fingerprint density at radius 3 is 2.50 bits per heavy atom. The number of carbonyl (C=O) groups excluding carboxylic acids is 2. The van der Waals surface area contributed by atoms with E-state index in [1.165, 1.54) is 6.33 Å². The molecule has 0 aliphatic heterocycles. The zero-order chi connectivity index (χ0) is 22.5. The first-order valence-corrected chi connectivity index (χ1v) is 10.1. The molecule has 1 amide bonds. The fourth-order valence-electron chi connectivity index (χ4n) is 3.62. The van der Waals surface area contributed by atoms with Crippen molar-refractivity contribution in [1.82, 2.24) is 9.97 Å². The van der Waals surface area contributed by atoms with Gasteiger partial charge in [0, 0.05) is 18.4 Å². The Balaban J connectivity index is 1.51. The minimum Gasteiger partial charge on any atom is -0.496 e. The number of nitrogens with one attached hydrogen (secondary N) is 1. The van der Waals surface area contributed by atoms with Gasteiger partial charge in [0.2, 0.25) is 0 Å². The van der Waals surface area contributed by atoms with Gasteiger partial charge in [-0.25, -0.2) is 9.97 Å². The van der Waals surface area contributed by atoms with Crippen LogP contribution in [0.4, 0.5) is 5.82 Å². The third-order valence-electron chi connectivity index (χ3n) is 5.15. The van der Waals surface area contributed by atoms with Gasteiger partial charge in [-0.3, -0.25) is 9.59 Å². The van der Waals surface area contributed by atoms with E-state index in [9.17, 15) is 9.59 Å². The number of ether oxygens (including phenoxy) is 1. The lowest BCUT2D eigenvalue weighted by atomic mass is 10.0. The van der Waals surface area contributed by atoms with Crippen LogP contribution in [0.25, 0.3) is 10.9 Å². The first kappa shape index (κ1) is 21.0. The molecular weight excluding hydrogens is 404 g/mol. The van der Waals surface area contributed by atoms with Crippen LogP contribution < -0.4 is 15.8 Å². The first-order valence-electron chi connectivity index (χ1n) is 10.1. The molecule has 0 aliphatic carbocycles. The van der Waals surface area contributed by atoms with Gasteiger partial charge in [0.1, 0.15) is 17.9 Å². The number of aromatic nitrogens is 2. The number of hydrogen-bond donors (Lipinski definition) is 2. The highest BCUT2D eigenvalue weighted by atomic mass is 16.5. The molecule has 0 saturated carbocycles. The topological polar surface area (TPSA) is 107 Å². The highest BCUT2D eigenvalue weighted by molar-refractivity contribution is 6.06. The molecular formula is C25H22N4O3. The standard InChI is InChI=1S/C25H22N4O3/c1-32-22-11-3-2-8-18(22)21(30)13-16-6-4-7-17(12-16)14-27-25-20-10-5-9-19(24(26)31)23(20)28-15-29-25/h2-12,15H,13-14H2,1H3,(H2,26,31)(H,27,28,29). The quantitative estimate of drug-likeness (QED) is 0.415. The van der Waals surface area contributed by atoms with Gasteiger partial charge in [0.15, 0.2) is 5.78 Å². The van der Waals surface area contributed by atoms with E-state index < -0.39 is 5.91 Å². The summed E-state index contributed by atoms with van der Waals surface area (Å²) in [7, 11) is 1.56. The molecule has 0 saturated heterocycles. The summed E-state index contributed by atoms with van der Waals surface area (Å²) in [4.78, 5) is 33.0. The summed E-state index contributed by atoms with van der Waals surface area (Å²) >= 11 is 0. The normalized spacial score (nSPS) is 10.7. The van der Waals surface area contributed by atoms with Crippen LogP contribution in [-0.4, -0.2) is 28.8 Å². The molecule has 7 heteroatoms. The second kappa shape index (κ2) is 9.26. The van der Waals surface area contributed by atoms with E-state index in [1.54, 1.807) is 31.4 Å². The van der Waals surface area contributed by atoms with Gasteiger partial charge in [0.25, 0.3) is 5.91 Å². The molecule has 0 unspecified atom stereocenters. The monoisotopic (exact) mass is 426 g/mol. The van der Waals surface area contributed by atoms with Crippen molar-refractivity contribution in [3.63, 3.8) is 0 Å². The fraction of sp³-hybridized carbons (Fsp3) is 0.120. The molecule has 4 aromatic rings. The summed E-state index contributed by atoms with van der Waals surface area (Å²) in [5, 5.41) is 4.01. The molecule has 0 spiro atoms. The van der Waals surface area contributed by atoms with E-state index in [4.69, 9.17) is 10.5 Å². The number of fused-ring (bicyclic) bond motifs is 1. The Morgan fingerprint density at radius 2 is 1.69 bits per heavy atom. The highest BCUT2D eigenvalue weighted by Gasteiger charge is 2.13. The van der Waals surface area contributed by atoms with E-state index >= 15 is 0 Å². The van der Waals surface area contributed by atoms with Gasteiger partial charge < -0.3 is 15.8 Å². The summed E-state index contributed by atoms with van der Waals surface area (Å²) in [5.74, 6) is 0.635. The maximum atomic E-state index is 12.8. The number of para-hydroxylation sites is 2. The maximum absolute atomic E-state index is 12.8. The second-order valence-electron chi connectivity index (χ2n) is 7.26. The minimum absolute atomic E-state index is 0.00617. The summed E-state index contributed by atoms with van der Waals surface area (Å²) in [6.45, 7) is 0.490. The van der Waals surface area contributed by atoms with E-state index in [2.05, 4.69) is 15.3 Å². The largest absolute Gasteiger partial charge is 0.496 e. The van der Waals surface area contributed by atoms with E-state index in [0.29, 0.717) is 40.1 Å². The number of benzene rings is 3. The molecule has 160 valence electrons. The van der Waals surface area contributed by atoms with Gasteiger partial charge >= 0.3 is 0 Å². The van der Waals surface area contributed by atoms with Gasteiger partial charge in [-0.15, -0.1) is 0 Å². The number of nitrogens with two attached hydrogens (primary N) is 1. The van der Waals surface area contributed by atoms with Crippen molar-refractivity contribution < 1.29 is 14.3 Å². The number of Topliss-reactive ketones (excluding diaryl/α,β-unsaturated/α-hetero) is 1. The summed E-state index contributed by atoms with van der Waals surface area (Å²) < 4.78 is 5.30. The number of anilines is 1. The average molecular weight is 426 g/mol. The summed E-state index contributed by atoms with van der Waals surface area (Å²) in [5.41, 5.74) is 8.78. The van der Waals surface area contributed by atoms with Crippen molar-refractivity contribution in [2.24, 2.45) is 5.73 Å². The molecule has 1 aromatic heterocycles. The zero-order valence-electron chi connectivity index (χ0n) is 17.5. The van der Waals surface area contributed by atoms with Crippen molar-refractivity contribution in [3.8, 4) is 5.75 Å². The van der Waals surface area contributed by atoms with E-state index in [-0.39, 0.29) is 12.2 Å². The average Bonchev–Trinajstić information content (AvgIpc) is 2.82. The Morgan fingerprint density at radius 1 is 0.938 bits per heavy atom. The molecule has 0 aliphatic rings. The van der Waals surface area contributed by atoms with Crippen molar-refractivity contribution in [2.45, 2.75) is 13.0 Å². The van der Waals surface area contributed by atoms with Crippen LogP contribution in [0, 0.1) is 0 Å². The number of primary amides is 1. The zero-order valence-corrected chi connectivity index (χ0v) is 17.5. The minimum atomic E-state index is -0.535. The van der Waals surface area contributed by atoms with Gasteiger partial charge in [-0.05, 0) is 35.4 Å². The molecule has 4 rings (SSSR count). The lowest BCUT2D eigenvalue weighted by Crippen LogP contribution is -2.12. The van der Waals surface area contributed by atoms with Crippen LogP contribution in [0.15, 0.2) is 73.1 Å². The summed E-state index contributed by atoms with van der Waals surface area (Å²) in [6.07, 6.45) is 1.67. The number of methoxy groups -OCH3 is 1. The molecule has 7 nitrogen and oxygen atoms in total. The number of ketones is 1. The van der Waals surface area contributed by atoms with Crippen LogP contribution in [0.1, 0.15) is 31.8 Å². The van der Waals surface area contributed by atoms with Gasteiger partial charge in [-0.2, -0.15) is 0 Å². The molecule has 0 atom stereocenters. The second-order valence-corrected chi connectivity index (χ2v) is 7.26. The number of rotatable bonds is 8. The van der Waals surface area contributed by atoms with Gasteiger partial charge in [-0.1, -0.05) is 42.5 Å². The predicted molar refractivity (Wildman–Crippen MR) is 123 cm³/mol. The fourth-order valence-corrected chi connectivity index (χ4v) is 3.62. The van der Waals surface area contributed by atoms with Crippen molar-refractivity contribution in [3.05, 3.63) is 95.3 Å². The maximum Gasteiger partial charge on any atom is 0.250 e. The lowest BCUT2D eigenvalue weighted by Gasteiger charge is -2.11. The van der Waals surface area contributed by atoms with E-state index in [1.807, 2.05) is 42.5 Å². The Hall–Kier alpha value is -4.26. The molecule has 32 heavy (non-hydrogen) atoms. The first-order chi connectivity index (χ1) is 15.6. The third-order valence-corrected chi connectivity index (χ3v) is 5.15. The van der Waals surface area contributed by atoms with Crippen molar-refractivity contribution in [1.29, 1.82) is 0 Å².